The Kier molecular flexibility index (Phi) is 17.7. The van der Waals surface area contributed by atoms with Crippen LogP contribution in [-0.4, -0.2) is 0 Å². The maximum absolute atomic E-state index is 5.23. The van der Waals surface area contributed by atoms with Crippen LogP contribution in [-0.2, 0) is 0 Å². The average Bonchev–Trinajstić information content (AvgIpc) is 2.50. The molecule has 0 amide bonds. The van der Waals surface area contributed by atoms with Crippen molar-refractivity contribution in [2.75, 3.05) is 0 Å². The topological polar surface area (TPSA) is 26.0 Å². The molecule has 120 valence electrons. The second kappa shape index (κ2) is 18.8. The molecule has 1 nitrogen and oxygen atoms in total. The molecule has 0 bridgehead atoms. The molecule has 0 fully saturated rings. The average molecular weight is 290 g/mol. The van der Waals surface area contributed by atoms with Crippen LogP contribution in [0.3, 0.4) is 0 Å². The maximum Gasteiger partial charge on any atom is -0.00624 e. The highest BCUT2D eigenvalue weighted by molar-refractivity contribution is 5.14. The summed E-state index contributed by atoms with van der Waals surface area (Å²) in [4.78, 5) is 0. The number of hydrogen-bond donors (Lipinski definition) is 1. The van der Waals surface area contributed by atoms with Gasteiger partial charge in [-0.05, 0) is 25.1 Å². The van der Waals surface area contributed by atoms with E-state index >= 15 is 0 Å². The first-order chi connectivity index (χ1) is 10.4. The van der Waals surface area contributed by atoms with Crippen molar-refractivity contribution >= 4 is 0 Å². The minimum absolute atomic E-state index is 1.20. The lowest BCUT2D eigenvalue weighted by atomic mass is 10.1. The molecular weight excluding hydrogens is 254 g/mol. The first kappa shape index (κ1) is 19.8. The van der Waals surface area contributed by atoms with Gasteiger partial charge < -0.3 is 5.73 Å². The molecule has 0 rings (SSSR count). The lowest BCUT2D eigenvalue weighted by Gasteiger charge is -2.01. The summed E-state index contributed by atoms with van der Waals surface area (Å²) in [6.45, 7) is 2.28. The minimum atomic E-state index is 1.20. The predicted molar refractivity (Wildman–Crippen MR) is 97.2 cm³/mol. The molecule has 0 radical (unpaired) electrons. The van der Waals surface area contributed by atoms with Crippen molar-refractivity contribution in [3.05, 3.63) is 48.7 Å². The molecule has 0 atom stereocenters. The van der Waals surface area contributed by atoms with Crippen LogP contribution in [0.4, 0.5) is 0 Å². The van der Waals surface area contributed by atoms with Gasteiger partial charge in [0.15, 0.2) is 0 Å². The van der Waals surface area contributed by atoms with E-state index in [1.165, 1.54) is 76.8 Å². The standard InChI is InChI=1S/C20H35N/c1-2-3-4-5-6-7-8-9-10-11-12-13-14-15-16-17-18-19-20-21/h13-20H,2-12,21H2,1H3. The molecule has 0 aromatic rings. The number of unbranched alkanes of at least 4 members (excludes halogenated alkanes) is 10. The Labute approximate surface area is 132 Å². The number of hydrogen-bond acceptors (Lipinski definition) is 1. The molecule has 0 aromatic carbocycles. The first-order valence-electron chi connectivity index (χ1n) is 8.78. The van der Waals surface area contributed by atoms with Crippen LogP contribution in [0.1, 0.15) is 77.6 Å². The minimum Gasteiger partial charge on any atom is -0.405 e. The van der Waals surface area contributed by atoms with E-state index < -0.39 is 0 Å². The third-order valence-corrected chi connectivity index (χ3v) is 3.53. The molecule has 1 heteroatoms. The van der Waals surface area contributed by atoms with Crippen LogP contribution in [0.2, 0.25) is 0 Å². The number of rotatable bonds is 14. The smallest absolute Gasteiger partial charge is 0.00624 e. The van der Waals surface area contributed by atoms with Gasteiger partial charge in [0.2, 0.25) is 0 Å². The van der Waals surface area contributed by atoms with Gasteiger partial charge in [-0.15, -0.1) is 0 Å². The van der Waals surface area contributed by atoms with Crippen LogP contribution in [0.15, 0.2) is 48.7 Å². The van der Waals surface area contributed by atoms with Crippen LogP contribution in [0, 0.1) is 0 Å². The normalized spacial score (nSPS) is 12.6. The van der Waals surface area contributed by atoms with Crippen molar-refractivity contribution in [1.82, 2.24) is 0 Å². The fraction of sp³-hybridized carbons (Fsp3) is 0.600. The Morgan fingerprint density at radius 2 is 1.05 bits per heavy atom. The quantitative estimate of drug-likeness (QED) is 0.289. The summed E-state index contributed by atoms with van der Waals surface area (Å²) in [5.41, 5.74) is 5.23. The Bertz CT molecular complexity index is 297. The fourth-order valence-corrected chi connectivity index (χ4v) is 2.25. The van der Waals surface area contributed by atoms with Gasteiger partial charge in [-0.1, -0.05) is 101 Å². The summed E-state index contributed by atoms with van der Waals surface area (Å²) < 4.78 is 0. The lowest BCUT2D eigenvalue weighted by molar-refractivity contribution is 0.557. The van der Waals surface area contributed by atoms with E-state index in [1.54, 1.807) is 0 Å². The van der Waals surface area contributed by atoms with Crippen LogP contribution in [0.5, 0.6) is 0 Å². The monoisotopic (exact) mass is 289 g/mol. The van der Waals surface area contributed by atoms with E-state index in [1.807, 2.05) is 24.3 Å². The van der Waals surface area contributed by atoms with Crippen molar-refractivity contribution in [1.29, 1.82) is 0 Å². The molecule has 0 saturated carbocycles. The molecule has 21 heavy (non-hydrogen) atoms. The zero-order valence-electron chi connectivity index (χ0n) is 14.0. The first-order valence-corrected chi connectivity index (χ1v) is 8.78. The zero-order valence-corrected chi connectivity index (χ0v) is 14.0. The predicted octanol–water partition coefficient (Wildman–Crippen LogP) is 6.44. The van der Waals surface area contributed by atoms with Gasteiger partial charge in [-0.2, -0.15) is 0 Å². The lowest BCUT2D eigenvalue weighted by Crippen LogP contribution is -1.81. The van der Waals surface area contributed by atoms with Crippen molar-refractivity contribution < 1.29 is 0 Å². The Balaban J connectivity index is 3.21. The van der Waals surface area contributed by atoms with Gasteiger partial charge in [0.1, 0.15) is 0 Å². The largest absolute Gasteiger partial charge is 0.405 e. The summed E-state index contributed by atoms with van der Waals surface area (Å²) >= 11 is 0. The van der Waals surface area contributed by atoms with Crippen LogP contribution in [0.25, 0.3) is 0 Å². The third kappa shape index (κ3) is 18.8. The number of nitrogens with two attached hydrogens (primary N) is 1. The highest BCUT2D eigenvalue weighted by Crippen LogP contribution is 2.11. The van der Waals surface area contributed by atoms with Gasteiger partial charge >= 0.3 is 0 Å². The van der Waals surface area contributed by atoms with E-state index in [4.69, 9.17) is 5.73 Å². The van der Waals surface area contributed by atoms with E-state index in [0.717, 1.165) is 0 Å². The summed E-state index contributed by atoms with van der Waals surface area (Å²) in [6, 6.07) is 0. The Morgan fingerprint density at radius 1 is 0.571 bits per heavy atom. The number of allylic oxidation sites excluding steroid dienone is 7. The molecule has 0 aliphatic carbocycles. The van der Waals surface area contributed by atoms with E-state index in [-0.39, 0.29) is 0 Å². The summed E-state index contributed by atoms with van der Waals surface area (Å²) in [7, 11) is 0. The molecule has 0 aliphatic heterocycles. The highest BCUT2D eigenvalue weighted by Gasteiger charge is 1.91. The van der Waals surface area contributed by atoms with Gasteiger partial charge in [0, 0.05) is 0 Å². The molecule has 0 unspecified atom stereocenters. The maximum atomic E-state index is 5.23. The van der Waals surface area contributed by atoms with Crippen molar-refractivity contribution in [2.24, 2.45) is 5.73 Å². The molecular formula is C20H35N. The van der Waals surface area contributed by atoms with Crippen molar-refractivity contribution in [3.63, 3.8) is 0 Å². The van der Waals surface area contributed by atoms with Crippen molar-refractivity contribution in [2.45, 2.75) is 77.6 Å². The molecule has 0 aliphatic rings. The summed E-state index contributed by atoms with van der Waals surface area (Å²) in [5, 5.41) is 0. The fourth-order valence-electron chi connectivity index (χ4n) is 2.25. The van der Waals surface area contributed by atoms with Crippen molar-refractivity contribution in [3.8, 4) is 0 Å². The van der Waals surface area contributed by atoms with Crippen LogP contribution < -0.4 is 5.73 Å². The Hall–Kier alpha value is -1.24. The van der Waals surface area contributed by atoms with Gasteiger partial charge in [-0.3, -0.25) is 0 Å². The molecule has 0 spiro atoms. The molecule has 0 aromatic heterocycles. The molecule has 0 saturated heterocycles. The van der Waals surface area contributed by atoms with E-state index in [2.05, 4.69) is 25.2 Å². The molecule has 2 N–H and O–H groups in total. The van der Waals surface area contributed by atoms with Crippen LogP contribution >= 0.6 is 0 Å². The summed E-state index contributed by atoms with van der Waals surface area (Å²) in [5.74, 6) is 0. The Morgan fingerprint density at radius 3 is 1.62 bits per heavy atom. The second-order valence-electron chi connectivity index (χ2n) is 5.55. The third-order valence-electron chi connectivity index (χ3n) is 3.53. The summed E-state index contributed by atoms with van der Waals surface area (Å²) in [6.07, 6.45) is 31.0. The van der Waals surface area contributed by atoms with Gasteiger partial charge in [-0.25, -0.2) is 0 Å². The van der Waals surface area contributed by atoms with E-state index in [9.17, 15) is 0 Å². The van der Waals surface area contributed by atoms with Gasteiger partial charge in [0.05, 0.1) is 0 Å². The molecule has 0 heterocycles. The SMILES string of the molecule is CCCCCCCCCCCCC=CC=CC=CC=CN. The second-order valence-corrected chi connectivity index (χ2v) is 5.55. The highest BCUT2D eigenvalue weighted by atomic mass is 14.5. The van der Waals surface area contributed by atoms with Gasteiger partial charge in [0.25, 0.3) is 0 Å². The zero-order chi connectivity index (χ0) is 15.4. The van der Waals surface area contributed by atoms with E-state index in [0.29, 0.717) is 0 Å².